The van der Waals surface area contributed by atoms with Gasteiger partial charge in [-0.1, -0.05) is 71.3 Å². The minimum absolute atomic E-state index is 0.0145. The van der Waals surface area contributed by atoms with Crippen molar-refractivity contribution in [3.05, 3.63) is 111 Å². The van der Waals surface area contributed by atoms with Gasteiger partial charge in [-0.25, -0.2) is 13.2 Å². The Balaban J connectivity index is 1.96. The van der Waals surface area contributed by atoms with Crippen LogP contribution in [-0.2, 0) is 19.4 Å². The number of aryl methyl sites for hydroxylation is 2. The number of halogens is 1. The molecule has 6 nitrogen and oxygen atoms in total. The third-order valence-corrected chi connectivity index (χ3v) is 8.65. The summed E-state index contributed by atoms with van der Waals surface area (Å²) in [5.41, 5.74) is 3.28. The Morgan fingerprint density at radius 2 is 1.44 bits per heavy atom. The largest absolute Gasteiger partial charge is 0.510 e. The normalized spacial score (nSPS) is 20.3. The highest BCUT2D eigenvalue weighted by atomic mass is 35.5. The van der Waals surface area contributed by atoms with Gasteiger partial charge in [0.2, 0.25) is 0 Å². The predicted molar refractivity (Wildman–Crippen MR) is 140 cm³/mol. The average molecular weight is 526 g/mol. The fraction of sp³-hybridized carbons (Fsp3) is 0.250. The molecule has 0 radical (unpaired) electrons. The van der Waals surface area contributed by atoms with Gasteiger partial charge in [0.25, 0.3) is 0 Å². The van der Waals surface area contributed by atoms with Crippen LogP contribution in [0.4, 0.5) is 0 Å². The molecular formula is C28H28ClNO5S. The molecule has 1 aliphatic heterocycles. The first kappa shape index (κ1) is 25.9. The van der Waals surface area contributed by atoms with Crippen LogP contribution in [0.5, 0.6) is 0 Å². The van der Waals surface area contributed by atoms with Gasteiger partial charge in [-0.3, -0.25) is 5.32 Å². The topological polar surface area (TPSA) is 92.7 Å². The number of aliphatic hydroxyl groups is 1. The highest BCUT2D eigenvalue weighted by Crippen LogP contribution is 2.42. The van der Waals surface area contributed by atoms with Crippen LogP contribution in [0.2, 0.25) is 5.02 Å². The van der Waals surface area contributed by atoms with Gasteiger partial charge < -0.3 is 9.84 Å². The molecule has 0 unspecified atom stereocenters. The zero-order valence-corrected chi connectivity index (χ0v) is 21.8. The molecule has 0 aliphatic carbocycles. The number of nitrogens with one attached hydrogen (secondary N) is 1. The number of sulfone groups is 1. The number of benzene rings is 3. The Morgan fingerprint density at radius 1 is 0.917 bits per heavy atom. The van der Waals surface area contributed by atoms with Crippen LogP contribution in [0.15, 0.2) is 89.0 Å². The van der Waals surface area contributed by atoms with Crippen LogP contribution < -0.4 is 5.32 Å². The quantitative estimate of drug-likeness (QED) is 0.409. The van der Waals surface area contributed by atoms with Crippen molar-refractivity contribution in [3.63, 3.8) is 0 Å². The highest BCUT2D eigenvalue weighted by Gasteiger charge is 2.48. The number of aliphatic hydroxyl groups excluding tert-OH is 1. The maximum atomic E-state index is 13.9. The lowest BCUT2D eigenvalue weighted by atomic mass is 9.87. The van der Waals surface area contributed by atoms with Crippen molar-refractivity contribution in [2.45, 2.75) is 43.0 Å². The maximum Gasteiger partial charge on any atom is 0.339 e. The SMILES string of the molecule is CCOC(=O)C1=C(O)[C@@H](S(=O)(=O)c2ccc(Cl)cc2)[C@H](c2ccc(C)cc2)N[C@H]1c1ccc(C)cc1. The van der Waals surface area contributed by atoms with Crippen molar-refractivity contribution in [2.24, 2.45) is 0 Å². The Labute approximate surface area is 216 Å². The van der Waals surface area contributed by atoms with E-state index in [1.54, 1.807) is 6.92 Å². The molecule has 1 heterocycles. The van der Waals surface area contributed by atoms with E-state index >= 15 is 0 Å². The second-order valence-corrected chi connectivity index (χ2v) is 11.3. The van der Waals surface area contributed by atoms with Crippen molar-refractivity contribution in [1.82, 2.24) is 5.32 Å². The Morgan fingerprint density at radius 3 is 1.97 bits per heavy atom. The maximum absolute atomic E-state index is 13.9. The van der Waals surface area contributed by atoms with Gasteiger partial charge in [0.15, 0.2) is 9.84 Å². The number of esters is 1. The lowest BCUT2D eigenvalue weighted by molar-refractivity contribution is -0.139. The molecule has 3 aromatic carbocycles. The van der Waals surface area contributed by atoms with E-state index < -0.39 is 38.9 Å². The van der Waals surface area contributed by atoms with Crippen molar-refractivity contribution in [3.8, 4) is 0 Å². The van der Waals surface area contributed by atoms with Gasteiger partial charge in [-0.05, 0) is 56.2 Å². The monoisotopic (exact) mass is 525 g/mol. The summed E-state index contributed by atoms with van der Waals surface area (Å²) in [5.74, 6) is -1.30. The van der Waals surface area contributed by atoms with E-state index in [4.69, 9.17) is 16.3 Å². The molecule has 0 spiro atoms. The fourth-order valence-corrected chi connectivity index (χ4v) is 6.35. The van der Waals surface area contributed by atoms with E-state index in [2.05, 4.69) is 5.32 Å². The first-order valence-electron chi connectivity index (χ1n) is 11.6. The van der Waals surface area contributed by atoms with Gasteiger partial charge in [0.1, 0.15) is 11.0 Å². The molecule has 3 aromatic rings. The summed E-state index contributed by atoms with van der Waals surface area (Å²) < 4.78 is 33.1. The summed E-state index contributed by atoms with van der Waals surface area (Å²) in [6.45, 7) is 5.61. The number of carbonyl (C=O) groups excluding carboxylic acids is 1. The van der Waals surface area contributed by atoms with E-state index in [1.165, 1.54) is 24.3 Å². The Bertz CT molecular complexity index is 1380. The Hall–Kier alpha value is -3.13. The number of rotatable bonds is 6. The van der Waals surface area contributed by atoms with Crippen LogP contribution in [-0.4, -0.2) is 31.4 Å². The van der Waals surface area contributed by atoms with Crippen molar-refractivity contribution in [1.29, 1.82) is 0 Å². The van der Waals surface area contributed by atoms with E-state index in [0.29, 0.717) is 16.1 Å². The number of ether oxygens (including phenoxy) is 1. The van der Waals surface area contributed by atoms with E-state index in [0.717, 1.165) is 11.1 Å². The number of hydrogen-bond acceptors (Lipinski definition) is 6. The summed E-state index contributed by atoms with van der Waals surface area (Å²) in [6.07, 6.45) is 0. The zero-order chi connectivity index (χ0) is 26.0. The second-order valence-electron chi connectivity index (χ2n) is 8.84. The molecule has 0 amide bonds. The molecular weight excluding hydrogens is 498 g/mol. The van der Waals surface area contributed by atoms with E-state index in [1.807, 2.05) is 62.4 Å². The Kier molecular flexibility index (Phi) is 7.54. The molecule has 0 bridgehead atoms. The molecule has 0 aromatic heterocycles. The molecule has 1 aliphatic rings. The van der Waals surface area contributed by atoms with Crippen LogP contribution >= 0.6 is 11.6 Å². The molecule has 0 fully saturated rings. The van der Waals surface area contributed by atoms with Gasteiger partial charge in [0.05, 0.1) is 29.2 Å². The fourth-order valence-electron chi connectivity index (χ4n) is 4.40. The van der Waals surface area contributed by atoms with Crippen molar-refractivity contribution < 1.29 is 23.1 Å². The average Bonchev–Trinajstić information content (AvgIpc) is 2.84. The van der Waals surface area contributed by atoms with Crippen LogP contribution in [0.1, 0.15) is 41.3 Å². The van der Waals surface area contributed by atoms with Crippen molar-refractivity contribution in [2.75, 3.05) is 6.61 Å². The summed E-state index contributed by atoms with van der Waals surface area (Å²) in [7, 11) is -4.17. The first-order chi connectivity index (χ1) is 17.1. The molecule has 36 heavy (non-hydrogen) atoms. The molecule has 2 N–H and O–H groups in total. The third kappa shape index (κ3) is 5.05. The van der Waals surface area contributed by atoms with Crippen LogP contribution in [0.3, 0.4) is 0 Å². The summed E-state index contributed by atoms with van der Waals surface area (Å²) in [6, 6.07) is 19.0. The van der Waals surface area contributed by atoms with Gasteiger partial charge in [0, 0.05) is 5.02 Å². The minimum atomic E-state index is -4.17. The molecule has 188 valence electrons. The molecule has 0 saturated heterocycles. The van der Waals surface area contributed by atoms with Gasteiger partial charge in [-0.15, -0.1) is 0 Å². The van der Waals surface area contributed by atoms with E-state index in [-0.39, 0.29) is 17.1 Å². The molecule has 3 atom stereocenters. The first-order valence-corrected chi connectivity index (χ1v) is 13.5. The minimum Gasteiger partial charge on any atom is -0.510 e. The summed E-state index contributed by atoms with van der Waals surface area (Å²) in [4.78, 5) is 13.1. The number of carbonyl (C=O) groups is 1. The molecule has 0 saturated carbocycles. The van der Waals surface area contributed by atoms with Gasteiger partial charge in [-0.2, -0.15) is 0 Å². The van der Waals surface area contributed by atoms with Gasteiger partial charge >= 0.3 is 5.97 Å². The van der Waals surface area contributed by atoms with E-state index in [9.17, 15) is 18.3 Å². The lowest BCUT2D eigenvalue weighted by Crippen LogP contribution is -2.47. The predicted octanol–water partition coefficient (Wildman–Crippen LogP) is 5.56. The van der Waals surface area contributed by atoms with Crippen molar-refractivity contribution >= 4 is 27.4 Å². The summed E-state index contributed by atoms with van der Waals surface area (Å²) >= 11 is 5.99. The number of hydrogen-bond donors (Lipinski definition) is 2. The highest BCUT2D eigenvalue weighted by molar-refractivity contribution is 7.92. The standard InChI is InChI=1S/C28H28ClNO5S/c1-4-35-28(32)23-24(19-9-5-17(2)6-10-19)30-25(20-11-7-18(3)8-12-20)27(26(23)31)36(33,34)22-15-13-21(29)14-16-22/h5-16,24-25,27,30-31H,4H2,1-3H3/t24-,25-,27-/m0/s1. The molecule has 8 heteroatoms. The smallest absolute Gasteiger partial charge is 0.339 e. The second kappa shape index (κ2) is 10.5. The third-order valence-electron chi connectivity index (χ3n) is 6.30. The lowest BCUT2D eigenvalue weighted by Gasteiger charge is -2.38. The van der Waals surface area contributed by atoms with Crippen LogP contribution in [0.25, 0.3) is 0 Å². The molecule has 4 rings (SSSR count). The zero-order valence-electron chi connectivity index (χ0n) is 20.2. The van der Waals surface area contributed by atoms with Crippen LogP contribution in [0, 0.1) is 13.8 Å². The summed E-state index contributed by atoms with van der Waals surface area (Å²) in [5, 5.41) is 13.9.